The molecule has 0 aliphatic rings. The molecule has 0 N–H and O–H groups in total. The largest absolute Gasteiger partial charge is 0.282 e. The smallest absolute Gasteiger partial charge is 0.203 e. The van der Waals surface area contributed by atoms with Crippen LogP contribution in [0.3, 0.4) is 0 Å². The predicted octanol–water partition coefficient (Wildman–Crippen LogP) is 2.54. The molecule has 1 rings (SSSR count). The fourth-order valence-electron chi connectivity index (χ4n) is 0.821. The van der Waals surface area contributed by atoms with Crippen molar-refractivity contribution in [3.8, 4) is 0 Å². The minimum atomic E-state index is -2.53. The molecule has 66 valence electrons. The van der Waals surface area contributed by atoms with Gasteiger partial charge in [-0.15, -0.1) is 5.10 Å². The van der Waals surface area contributed by atoms with Crippen molar-refractivity contribution in [1.82, 2.24) is 10.2 Å². The zero-order valence-electron chi connectivity index (χ0n) is 6.96. The number of rotatable bonds is 2. The number of hydrogen-bond acceptors (Lipinski definition) is 2. The van der Waals surface area contributed by atoms with E-state index in [1.54, 1.807) is 0 Å². The van der Waals surface area contributed by atoms with Crippen LogP contribution in [0, 0.1) is 0 Å². The maximum Gasteiger partial charge on any atom is 0.282 e. The molecular weight excluding hydrogens is 162 g/mol. The van der Waals surface area contributed by atoms with Gasteiger partial charge in [0.2, 0.25) is 0 Å². The van der Waals surface area contributed by atoms with E-state index in [4.69, 9.17) is 0 Å². The zero-order valence-corrected chi connectivity index (χ0v) is 6.96. The molecule has 0 saturated heterocycles. The van der Waals surface area contributed by atoms with Gasteiger partial charge in [-0.3, -0.25) is 0 Å². The molecule has 4 heteroatoms. The minimum Gasteiger partial charge on any atom is -0.203 e. The Balaban J connectivity index is 2.96. The lowest BCUT2D eigenvalue weighted by molar-refractivity contribution is 0.144. The Kier molecular flexibility index (Phi) is 2.68. The molecule has 0 radical (unpaired) electrons. The molecule has 0 amide bonds. The van der Waals surface area contributed by atoms with Crippen molar-refractivity contribution in [3.05, 3.63) is 23.5 Å². The molecule has 0 fully saturated rings. The highest BCUT2D eigenvalue weighted by Gasteiger charge is 2.10. The third kappa shape index (κ3) is 1.96. The van der Waals surface area contributed by atoms with Crippen molar-refractivity contribution < 1.29 is 8.78 Å². The number of nitrogens with zero attached hydrogens (tertiary/aromatic N) is 2. The average Bonchev–Trinajstić information content (AvgIpc) is 2.04. The lowest BCUT2D eigenvalue weighted by Crippen LogP contribution is -1.97. The summed E-state index contributed by atoms with van der Waals surface area (Å²) in [6.45, 7) is 3.85. The van der Waals surface area contributed by atoms with Gasteiger partial charge in [0.25, 0.3) is 6.43 Å². The first-order valence-corrected chi connectivity index (χ1v) is 3.72. The van der Waals surface area contributed by atoms with E-state index in [1.807, 2.05) is 13.8 Å². The van der Waals surface area contributed by atoms with Crippen LogP contribution >= 0.6 is 0 Å². The molecular formula is C8H10F2N2. The van der Waals surface area contributed by atoms with Crippen molar-refractivity contribution in [1.29, 1.82) is 0 Å². The second-order valence-electron chi connectivity index (χ2n) is 2.87. The molecule has 0 spiro atoms. The van der Waals surface area contributed by atoms with Crippen molar-refractivity contribution in [2.24, 2.45) is 0 Å². The van der Waals surface area contributed by atoms with Gasteiger partial charge in [0.15, 0.2) is 0 Å². The quantitative estimate of drug-likeness (QED) is 0.685. The van der Waals surface area contributed by atoms with Gasteiger partial charge in [0.05, 0.1) is 6.20 Å². The molecule has 1 aromatic heterocycles. The van der Waals surface area contributed by atoms with Gasteiger partial charge in [-0.05, 0) is 17.5 Å². The summed E-state index contributed by atoms with van der Waals surface area (Å²) >= 11 is 0. The van der Waals surface area contributed by atoms with Crippen LogP contribution in [0.4, 0.5) is 8.78 Å². The van der Waals surface area contributed by atoms with Gasteiger partial charge in [-0.1, -0.05) is 13.8 Å². The van der Waals surface area contributed by atoms with Crippen molar-refractivity contribution in [2.45, 2.75) is 26.2 Å². The molecule has 2 nitrogen and oxygen atoms in total. The van der Waals surface area contributed by atoms with Gasteiger partial charge in [-0.25, -0.2) is 8.78 Å². The van der Waals surface area contributed by atoms with Gasteiger partial charge < -0.3 is 0 Å². The molecule has 1 heterocycles. The van der Waals surface area contributed by atoms with E-state index in [0.29, 0.717) is 0 Å². The lowest BCUT2D eigenvalue weighted by atomic mass is 10.1. The molecule has 12 heavy (non-hydrogen) atoms. The lowest BCUT2D eigenvalue weighted by Gasteiger charge is -2.04. The summed E-state index contributed by atoms with van der Waals surface area (Å²) in [6.07, 6.45) is -1.02. The number of aromatic nitrogens is 2. The predicted molar refractivity (Wildman–Crippen MR) is 41.1 cm³/mol. The Labute approximate surface area is 69.6 Å². The van der Waals surface area contributed by atoms with E-state index >= 15 is 0 Å². The third-order valence-electron chi connectivity index (χ3n) is 1.58. The fourth-order valence-corrected chi connectivity index (χ4v) is 0.821. The highest BCUT2D eigenvalue weighted by Crippen LogP contribution is 2.19. The molecule has 0 aromatic carbocycles. The van der Waals surface area contributed by atoms with Crippen LogP contribution in [-0.2, 0) is 0 Å². The van der Waals surface area contributed by atoms with E-state index in [-0.39, 0.29) is 11.6 Å². The van der Waals surface area contributed by atoms with E-state index in [2.05, 4.69) is 10.2 Å². The van der Waals surface area contributed by atoms with Gasteiger partial charge in [0, 0.05) is 0 Å². The summed E-state index contributed by atoms with van der Waals surface area (Å²) in [4.78, 5) is 0. The second kappa shape index (κ2) is 3.56. The number of halogens is 2. The summed E-state index contributed by atoms with van der Waals surface area (Å²) < 4.78 is 24.2. The first kappa shape index (κ1) is 9.03. The Bertz CT molecular complexity index is 238. The fraction of sp³-hybridized carbons (Fsp3) is 0.500. The van der Waals surface area contributed by atoms with Crippen LogP contribution < -0.4 is 0 Å². The summed E-state index contributed by atoms with van der Waals surface area (Å²) in [7, 11) is 0. The van der Waals surface area contributed by atoms with Crippen LogP contribution in [0.25, 0.3) is 0 Å². The van der Waals surface area contributed by atoms with Crippen LogP contribution in [0.15, 0.2) is 12.3 Å². The van der Waals surface area contributed by atoms with Gasteiger partial charge in [0.1, 0.15) is 5.69 Å². The van der Waals surface area contributed by atoms with Gasteiger partial charge >= 0.3 is 0 Å². The SMILES string of the molecule is CC(C)c1cnnc(C(F)F)c1. The summed E-state index contributed by atoms with van der Waals surface area (Å²) in [6, 6.07) is 1.39. The van der Waals surface area contributed by atoms with E-state index < -0.39 is 6.43 Å². The molecule has 0 saturated carbocycles. The molecule has 1 aromatic rings. The zero-order chi connectivity index (χ0) is 9.14. The third-order valence-corrected chi connectivity index (χ3v) is 1.58. The highest BCUT2D eigenvalue weighted by molar-refractivity contribution is 5.16. The van der Waals surface area contributed by atoms with Crippen molar-refractivity contribution in [3.63, 3.8) is 0 Å². The highest BCUT2D eigenvalue weighted by atomic mass is 19.3. The topological polar surface area (TPSA) is 25.8 Å². The van der Waals surface area contributed by atoms with Crippen LogP contribution in [-0.4, -0.2) is 10.2 Å². The maximum absolute atomic E-state index is 12.1. The second-order valence-corrected chi connectivity index (χ2v) is 2.87. The maximum atomic E-state index is 12.1. The molecule has 0 unspecified atom stereocenters. The van der Waals surface area contributed by atoms with Crippen molar-refractivity contribution >= 4 is 0 Å². The number of alkyl halides is 2. The summed E-state index contributed by atoms with van der Waals surface area (Å²) in [5.41, 5.74) is 0.543. The number of hydrogen-bond donors (Lipinski definition) is 0. The van der Waals surface area contributed by atoms with Crippen molar-refractivity contribution in [2.75, 3.05) is 0 Å². The molecule has 0 bridgehead atoms. The normalized spacial score (nSPS) is 11.2. The first-order valence-electron chi connectivity index (χ1n) is 3.72. The minimum absolute atomic E-state index is 0.206. The first-order chi connectivity index (χ1) is 5.61. The molecule has 0 aliphatic carbocycles. The Morgan fingerprint density at radius 3 is 2.50 bits per heavy atom. The van der Waals surface area contributed by atoms with Gasteiger partial charge in [-0.2, -0.15) is 5.10 Å². The van der Waals surface area contributed by atoms with Crippen LogP contribution in [0.5, 0.6) is 0 Å². The summed E-state index contributed by atoms with van der Waals surface area (Å²) in [5.74, 6) is 0.206. The summed E-state index contributed by atoms with van der Waals surface area (Å²) in [5, 5.41) is 6.82. The Morgan fingerprint density at radius 1 is 1.33 bits per heavy atom. The molecule has 0 atom stereocenters. The average molecular weight is 172 g/mol. The monoisotopic (exact) mass is 172 g/mol. The van der Waals surface area contributed by atoms with E-state index in [0.717, 1.165) is 5.56 Å². The van der Waals surface area contributed by atoms with Crippen LogP contribution in [0.1, 0.15) is 37.4 Å². The Hall–Kier alpha value is -1.06. The Morgan fingerprint density at radius 2 is 2.00 bits per heavy atom. The standard InChI is InChI=1S/C8H10F2N2/c1-5(2)6-3-7(8(9)10)12-11-4-6/h3-5,8H,1-2H3. The van der Waals surface area contributed by atoms with Crippen LogP contribution in [0.2, 0.25) is 0 Å². The van der Waals surface area contributed by atoms with E-state index in [1.165, 1.54) is 12.3 Å². The molecule has 0 aliphatic heterocycles. The van der Waals surface area contributed by atoms with E-state index in [9.17, 15) is 8.78 Å².